The number of carbonyl (C=O) groups is 1. The van der Waals surface area contributed by atoms with Crippen molar-refractivity contribution >= 4 is 11.6 Å². The topological polar surface area (TPSA) is 67.8 Å². The van der Waals surface area contributed by atoms with E-state index in [1.807, 2.05) is 0 Å². The molecule has 1 saturated carbocycles. The van der Waals surface area contributed by atoms with Crippen molar-refractivity contribution in [2.75, 3.05) is 18.5 Å². The van der Waals surface area contributed by atoms with Gasteiger partial charge in [0.05, 0.1) is 18.9 Å². The fourth-order valence-electron chi connectivity index (χ4n) is 3.92. The van der Waals surface area contributed by atoms with Gasteiger partial charge in [-0.05, 0) is 50.2 Å². The van der Waals surface area contributed by atoms with Gasteiger partial charge in [0.2, 0.25) is 5.91 Å². The Balaban J connectivity index is 1.57. The summed E-state index contributed by atoms with van der Waals surface area (Å²) in [5.74, 6) is 0.904. The molecule has 1 heterocycles. The van der Waals surface area contributed by atoms with Crippen LogP contribution in [0.4, 0.5) is 5.69 Å². The van der Waals surface area contributed by atoms with Crippen LogP contribution in [0.5, 0.6) is 5.75 Å². The van der Waals surface area contributed by atoms with Crippen molar-refractivity contribution in [3.8, 4) is 5.75 Å². The molecule has 0 unspecified atom stereocenters. The van der Waals surface area contributed by atoms with E-state index >= 15 is 0 Å². The number of aromatic hydroxyl groups is 1. The lowest BCUT2D eigenvalue weighted by Crippen LogP contribution is -2.27. The number of anilines is 1. The number of hydrogen-bond acceptors (Lipinski definition) is 4. The number of nitrogens with one attached hydrogen (secondary N) is 1. The van der Waals surface area contributed by atoms with Crippen molar-refractivity contribution < 1.29 is 19.4 Å². The van der Waals surface area contributed by atoms with Gasteiger partial charge in [-0.2, -0.15) is 0 Å². The third kappa shape index (κ3) is 4.98. The number of rotatable bonds is 6. The molecule has 5 nitrogen and oxygen atoms in total. The maximum absolute atomic E-state index is 12.6. The summed E-state index contributed by atoms with van der Waals surface area (Å²) in [4.78, 5) is 12.6. The average molecular weight is 361 g/mol. The summed E-state index contributed by atoms with van der Waals surface area (Å²) in [6.07, 6.45) is 8.42. The number of benzene rings is 1. The number of amides is 1. The van der Waals surface area contributed by atoms with Crippen LogP contribution in [0.25, 0.3) is 0 Å². The highest BCUT2D eigenvalue weighted by Gasteiger charge is 2.27. The molecule has 0 spiro atoms. The molecule has 5 heteroatoms. The van der Waals surface area contributed by atoms with Crippen molar-refractivity contribution in [3.05, 3.63) is 23.8 Å². The Kier molecular flexibility index (Phi) is 6.92. The molecule has 1 amide bonds. The summed E-state index contributed by atoms with van der Waals surface area (Å²) in [5.41, 5.74) is 1.26. The summed E-state index contributed by atoms with van der Waals surface area (Å²) >= 11 is 0. The third-order valence-electron chi connectivity index (χ3n) is 5.56. The van der Waals surface area contributed by atoms with E-state index in [0.29, 0.717) is 18.9 Å². The van der Waals surface area contributed by atoms with Crippen molar-refractivity contribution in [2.24, 2.45) is 11.8 Å². The lowest BCUT2D eigenvalue weighted by atomic mass is 9.79. The predicted molar refractivity (Wildman–Crippen MR) is 101 cm³/mol. The Morgan fingerprint density at radius 2 is 1.92 bits per heavy atom. The molecule has 144 valence electrons. The predicted octanol–water partition coefficient (Wildman–Crippen LogP) is 4.76. The minimum absolute atomic E-state index is 0.0110. The molecule has 0 aromatic heterocycles. The van der Waals surface area contributed by atoms with E-state index in [1.165, 1.54) is 19.3 Å². The molecule has 1 aromatic carbocycles. The number of carbonyl (C=O) groups excluding carboxylic acids is 1. The molecule has 1 aliphatic carbocycles. The van der Waals surface area contributed by atoms with Crippen molar-refractivity contribution in [2.45, 2.75) is 64.6 Å². The van der Waals surface area contributed by atoms with Gasteiger partial charge in [0.1, 0.15) is 5.75 Å². The molecule has 2 fully saturated rings. The van der Waals surface area contributed by atoms with Gasteiger partial charge < -0.3 is 19.9 Å². The first-order valence-corrected chi connectivity index (χ1v) is 10.0. The number of unbranched alkanes of at least 4 members (excludes halogenated alkanes) is 1. The smallest absolute Gasteiger partial charge is 0.227 e. The quantitative estimate of drug-likeness (QED) is 0.717. The van der Waals surface area contributed by atoms with E-state index in [0.717, 1.165) is 43.6 Å². The van der Waals surface area contributed by atoms with Crippen molar-refractivity contribution in [1.82, 2.24) is 0 Å². The lowest BCUT2D eigenvalue weighted by molar-refractivity contribution is -0.183. The van der Waals surface area contributed by atoms with E-state index in [-0.39, 0.29) is 17.6 Å². The number of hydrogen-bond donors (Lipinski definition) is 2. The van der Waals surface area contributed by atoms with E-state index < -0.39 is 6.29 Å². The van der Waals surface area contributed by atoms with E-state index in [1.54, 1.807) is 18.2 Å². The Labute approximate surface area is 156 Å². The summed E-state index contributed by atoms with van der Waals surface area (Å²) in [6, 6.07) is 5.13. The first-order valence-electron chi connectivity index (χ1n) is 10.0. The van der Waals surface area contributed by atoms with Crippen LogP contribution in [0, 0.1) is 11.8 Å². The van der Waals surface area contributed by atoms with E-state index in [9.17, 15) is 9.90 Å². The highest BCUT2D eigenvalue weighted by atomic mass is 16.7. The largest absolute Gasteiger partial charge is 0.506 e. The fourth-order valence-corrected chi connectivity index (χ4v) is 3.92. The number of phenols is 1. The van der Waals surface area contributed by atoms with Gasteiger partial charge in [-0.15, -0.1) is 0 Å². The Morgan fingerprint density at radius 3 is 2.62 bits per heavy atom. The van der Waals surface area contributed by atoms with Crippen LogP contribution < -0.4 is 5.32 Å². The standard InChI is InChI=1S/C21H31NO4/c1-2-3-5-15-6-8-16(9-7-15)20(24)22-18-14-17(10-11-19(18)23)21-25-12-4-13-26-21/h10-11,14-16,21,23H,2-9,12-13H2,1H3,(H,22,24). The molecular weight excluding hydrogens is 330 g/mol. The van der Waals surface area contributed by atoms with Gasteiger partial charge in [0, 0.05) is 11.5 Å². The van der Waals surface area contributed by atoms with Crippen molar-refractivity contribution in [1.29, 1.82) is 0 Å². The maximum Gasteiger partial charge on any atom is 0.227 e. The molecule has 0 bridgehead atoms. The Hall–Kier alpha value is -1.59. The first-order chi connectivity index (χ1) is 12.7. The van der Waals surface area contributed by atoms with Gasteiger partial charge in [0.25, 0.3) is 0 Å². The van der Waals surface area contributed by atoms with E-state index in [2.05, 4.69) is 12.2 Å². The second-order valence-corrected chi connectivity index (χ2v) is 7.55. The molecule has 0 atom stereocenters. The molecule has 3 rings (SSSR count). The van der Waals surface area contributed by atoms with Crippen LogP contribution in [0.3, 0.4) is 0 Å². The maximum atomic E-state index is 12.6. The zero-order chi connectivity index (χ0) is 18.4. The van der Waals surface area contributed by atoms with Crippen LogP contribution in [0.1, 0.15) is 70.1 Å². The van der Waals surface area contributed by atoms with Gasteiger partial charge >= 0.3 is 0 Å². The van der Waals surface area contributed by atoms with Gasteiger partial charge in [-0.3, -0.25) is 4.79 Å². The van der Waals surface area contributed by atoms with Crippen LogP contribution in [0.2, 0.25) is 0 Å². The average Bonchev–Trinajstić information content (AvgIpc) is 2.69. The third-order valence-corrected chi connectivity index (χ3v) is 5.56. The zero-order valence-electron chi connectivity index (χ0n) is 15.7. The summed E-state index contributed by atoms with van der Waals surface area (Å²) in [7, 11) is 0. The molecule has 1 saturated heterocycles. The minimum Gasteiger partial charge on any atom is -0.506 e. The van der Waals surface area contributed by atoms with Gasteiger partial charge in [0.15, 0.2) is 6.29 Å². The molecule has 0 radical (unpaired) electrons. The highest BCUT2D eigenvalue weighted by molar-refractivity contribution is 5.94. The molecule has 2 aliphatic rings. The lowest BCUT2D eigenvalue weighted by Gasteiger charge is -2.28. The van der Waals surface area contributed by atoms with Crippen LogP contribution in [0.15, 0.2) is 18.2 Å². The summed E-state index contributed by atoms with van der Waals surface area (Å²) in [6.45, 7) is 3.55. The van der Waals surface area contributed by atoms with Crippen LogP contribution >= 0.6 is 0 Å². The Bertz CT molecular complexity index is 590. The van der Waals surface area contributed by atoms with Crippen molar-refractivity contribution in [3.63, 3.8) is 0 Å². The molecule has 1 aliphatic heterocycles. The normalized spacial score (nSPS) is 24.3. The van der Waals surface area contributed by atoms with Gasteiger partial charge in [-0.1, -0.05) is 32.3 Å². The summed E-state index contributed by atoms with van der Waals surface area (Å²) < 4.78 is 11.2. The molecular formula is C21H31NO4. The van der Waals surface area contributed by atoms with Crippen LogP contribution in [-0.4, -0.2) is 24.2 Å². The fraction of sp³-hybridized carbons (Fsp3) is 0.667. The van der Waals surface area contributed by atoms with E-state index in [4.69, 9.17) is 9.47 Å². The minimum atomic E-state index is -0.422. The SMILES string of the molecule is CCCCC1CCC(C(=O)Nc2cc(C3OCCCO3)ccc2O)CC1. The second-order valence-electron chi connectivity index (χ2n) is 7.55. The molecule has 1 aromatic rings. The Morgan fingerprint density at radius 1 is 1.19 bits per heavy atom. The second kappa shape index (κ2) is 9.38. The van der Waals surface area contributed by atoms with Crippen LogP contribution in [-0.2, 0) is 14.3 Å². The number of ether oxygens (including phenoxy) is 2. The first kappa shape index (κ1) is 19.2. The summed E-state index contributed by atoms with van der Waals surface area (Å²) in [5, 5.41) is 13.0. The zero-order valence-corrected chi connectivity index (χ0v) is 15.7. The monoisotopic (exact) mass is 361 g/mol. The number of phenolic OH excluding ortho intramolecular Hbond substituents is 1. The van der Waals surface area contributed by atoms with Gasteiger partial charge in [-0.25, -0.2) is 0 Å². The highest BCUT2D eigenvalue weighted by Crippen LogP contribution is 2.34. The molecule has 2 N–H and O–H groups in total. The molecule has 26 heavy (non-hydrogen) atoms.